The molecule has 1 unspecified atom stereocenters. The van der Waals surface area contributed by atoms with Gasteiger partial charge in [0.05, 0.1) is 5.60 Å². The van der Waals surface area contributed by atoms with E-state index in [0.717, 1.165) is 12.2 Å². The zero-order valence-corrected chi connectivity index (χ0v) is 10.3. The molecule has 1 atom stereocenters. The minimum absolute atomic E-state index is 0.0735. The van der Waals surface area contributed by atoms with Crippen molar-refractivity contribution in [2.45, 2.75) is 37.7 Å². The summed E-state index contributed by atoms with van der Waals surface area (Å²) in [6.45, 7) is 4.73. The van der Waals surface area contributed by atoms with Crippen molar-refractivity contribution in [2.75, 3.05) is 0 Å². The van der Waals surface area contributed by atoms with Crippen LogP contribution in [0.3, 0.4) is 0 Å². The molecule has 1 rings (SSSR count). The summed E-state index contributed by atoms with van der Waals surface area (Å²) in [4.78, 5) is -2.10. The van der Waals surface area contributed by atoms with E-state index in [4.69, 9.17) is 9.29 Å². The van der Waals surface area contributed by atoms with Gasteiger partial charge in [-0.2, -0.15) is 8.42 Å². The average Bonchev–Trinajstić information content (AvgIpc) is 2.06. The van der Waals surface area contributed by atoms with E-state index in [1.807, 2.05) is 0 Å². The minimum atomic E-state index is -4.15. The third kappa shape index (κ3) is 2.84. The lowest BCUT2D eigenvalue weighted by atomic mass is 10.1. The molecule has 0 aliphatic heterocycles. The van der Waals surface area contributed by atoms with E-state index in [1.54, 1.807) is 20.8 Å². The Balaban J connectivity index is 2.98. The van der Waals surface area contributed by atoms with Crippen LogP contribution in [-0.4, -0.2) is 29.2 Å². The summed E-state index contributed by atoms with van der Waals surface area (Å²) in [6, 6.07) is 0. The van der Waals surface area contributed by atoms with Crippen molar-refractivity contribution in [3.05, 3.63) is 24.0 Å². The van der Waals surface area contributed by atoms with Crippen molar-refractivity contribution in [1.82, 2.24) is 0 Å². The lowest BCUT2D eigenvalue weighted by Gasteiger charge is -2.29. The fourth-order valence-corrected chi connectivity index (χ4v) is 2.51. The van der Waals surface area contributed by atoms with Gasteiger partial charge >= 0.3 is 10.1 Å². The Kier molecular flexibility index (Phi) is 3.20. The quantitative estimate of drug-likeness (QED) is 0.718. The van der Waals surface area contributed by atoms with Crippen LogP contribution in [-0.2, 0) is 14.3 Å². The molecule has 0 saturated heterocycles. The second-order valence-corrected chi connectivity index (χ2v) is 6.44. The molecule has 92 valence electrons. The summed E-state index contributed by atoms with van der Waals surface area (Å²) < 4.78 is 28.5. The van der Waals surface area contributed by atoms with Crippen molar-refractivity contribution in [3.63, 3.8) is 0 Å². The number of aliphatic hydroxyl groups is 2. The van der Waals surface area contributed by atoms with Gasteiger partial charge in [0.1, 0.15) is 5.76 Å². The molecule has 0 radical (unpaired) electrons. The molecule has 0 fully saturated rings. The van der Waals surface area contributed by atoms with E-state index < -0.39 is 20.7 Å². The monoisotopic (exact) mass is 248 g/mol. The van der Waals surface area contributed by atoms with Gasteiger partial charge in [-0.3, -0.25) is 4.18 Å². The average molecular weight is 248 g/mol. The molecule has 6 heteroatoms. The Morgan fingerprint density at radius 1 is 1.44 bits per heavy atom. The van der Waals surface area contributed by atoms with E-state index in [9.17, 15) is 13.5 Å². The summed E-state index contributed by atoms with van der Waals surface area (Å²) in [7, 11) is -4.15. The van der Waals surface area contributed by atoms with E-state index >= 15 is 0 Å². The molecule has 1 aliphatic carbocycles. The maximum absolute atomic E-state index is 11.8. The van der Waals surface area contributed by atoms with E-state index in [1.165, 1.54) is 6.08 Å². The zero-order valence-electron chi connectivity index (χ0n) is 9.47. The van der Waals surface area contributed by atoms with Crippen LogP contribution in [0.15, 0.2) is 24.0 Å². The number of rotatable bonds is 2. The normalized spacial score (nSPS) is 26.6. The van der Waals surface area contributed by atoms with Gasteiger partial charge in [-0.15, -0.1) is 0 Å². The van der Waals surface area contributed by atoms with Crippen molar-refractivity contribution in [3.8, 4) is 0 Å². The molecule has 2 N–H and O–H groups in total. The van der Waals surface area contributed by atoms with Crippen LogP contribution >= 0.6 is 0 Å². The summed E-state index contributed by atoms with van der Waals surface area (Å²) in [5, 5.41) is 19.0. The van der Waals surface area contributed by atoms with Crippen molar-refractivity contribution >= 4 is 10.1 Å². The Hall–Kier alpha value is -0.850. The molecule has 0 aromatic rings. The fourth-order valence-electron chi connectivity index (χ4n) is 1.19. The van der Waals surface area contributed by atoms with Gasteiger partial charge in [0.2, 0.25) is 4.93 Å². The van der Waals surface area contributed by atoms with Gasteiger partial charge in [0, 0.05) is 6.42 Å². The highest BCUT2D eigenvalue weighted by molar-refractivity contribution is 7.88. The molecule has 0 saturated carbocycles. The predicted octanol–water partition coefficient (Wildman–Crippen LogP) is 1.22. The summed E-state index contributed by atoms with van der Waals surface area (Å²) in [6.07, 6.45) is 3.15. The molecule has 0 aromatic heterocycles. The molecule has 5 nitrogen and oxygen atoms in total. The summed E-state index contributed by atoms with van der Waals surface area (Å²) >= 11 is 0. The number of allylic oxidation sites excluding steroid dienone is 1. The van der Waals surface area contributed by atoms with E-state index in [0.29, 0.717) is 0 Å². The molecule has 0 heterocycles. The molecule has 16 heavy (non-hydrogen) atoms. The smallest absolute Gasteiger partial charge is 0.302 e. The fraction of sp³-hybridized carbons (Fsp3) is 0.600. The molecule has 0 amide bonds. The summed E-state index contributed by atoms with van der Waals surface area (Å²) in [5.74, 6) is -0.0735. The molecular weight excluding hydrogens is 232 g/mol. The number of aliphatic hydroxyl groups excluding tert-OH is 1. The molecule has 1 aliphatic rings. The number of hydrogen-bond donors (Lipinski definition) is 2. The molecule has 0 aromatic carbocycles. The largest absolute Gasteiger partial charge is 0.508 e. The first-order valence-electron chi connectivity index (χ1n) is 4.82. The lowest BCUT2D eigenvalue weighted by molar-refractivity contribution is 0.0955. The third-order valence-corrected chi connectivity index (χ3v) is 3.80. The Labute approximate surface area is 95.2 Å². The van der Waals surface area contributed by atoms with Crippen molar-refractivity contribution in [2.24, 2.45) is 0 Å². The van der Waals surface area contributed by atoms with Gasteiger partial charge < -0.3 is 10.2 Å². The highest BCUT2D eigenvalue weighted by Gasteiger charge is 2.43. The van der Waals surface area contributed by atoms with Crippen LogP contribution in [0.2, 0.25) is 0 Å². The maximum Gasteiger partial charge on any atom is 0.302 e. The second kappa shape index (κ2) is 3.87. The second-order valence-electron chi connectivity index (χ2n) is 4.66. The highest BCUT2D eigenvalue weighted by Crippen LogP contribution is 2.30. The van der Waals surface area contributed by atoms with Gasteiger partial charge in [0.25, 0.3) is 0 Å². The standard InChI is InChI=1S/C10H16O5S/c1-9(2,3)15-16(13,14)10(12)6-4-8(11)5-7-10/h4-6,11-12H,7H2,1-3H3. The van der Waals surface area contributed by atoms with Gasteiger partial charge in [0.15, 0.2) is 0 Å². The molecule has 0 bridgehead atoms. The van der Waals surface area contributed by atoms with Crippen LogP contribution in [0.4, 0.5) is 0 Å². The van der Waals surface area contributed by atoms with Crippen LogP contribution < -0.4 is 0 Å². The first kappa shape index (κ1) is 13.2. The first-order valence-corrected chi connectivity index (χ1v) is 6.22. The minimum Gasteiger partial charge on any atom is -0.508 e. The highest BCUT2D eigenvalue weighted by atomic mass is 32.2. The van der Waals surface area contributed by atoms with Crippen molar-refractivity contribution < 1.29 is 22.8 Å². The predicted molar refractivity (Wildman–Crippen MR) is 59.2 cm³/mol. The Bertz CT molecular complexity index is 427. The van der Waals surface area contributed by atoms with Gasteiger partial charge in [-0.1, -0.05) is 0 Å². The molecule has 0 spiro atoms. The number of hydrogen-bond acceptors (Lipinski definition) is 5. The lowest BCUT2D eigenvalue weighted by Crippen LogP contribution is -2.42. The topological polar surface area (TPSA) is 83.8 Å². The molecular formula is C10H16O5S. The van der Waals surface area contributed by atoms with E-state index in [2.05, 4.69) is 0 Å². The van der Waals surface area contributed by atoms with Crippen LogP contribution in [0.1, 0.15) is 27.2 Å². The summed E-state index contributed by atoms with van der Waals surface area (Å²) in [5.41, 5.74) is -0.911. The Morgan fingerprint density at radius 2 is 2.00 bits per heavy atom. The maximum atomic E-state index is 11.8. The van der Waals surface area contributed by atoms with Gasteiger partial charge in [-0.05, 0) is 39.0 Å². The van der Waals surface area contributed by atoms with Crippen LogP contribution in [0.5, 0.6) is 0 Å². The van der Waals surface area contributed by atoms with Crippen LogP contribution in [0.25, 0.3) is 0 Å². The first-order chi connectivity index (χ1) is 7.06. The van der Waals surface area contributed by atoms with Crippen LogP contribution in [0, 0.1) is 0 Å². The zero-order chi connectivity index (χ0) is 12.6. The Morgan fingerprint density at radius 3 is 2.38 bits per heavy atom. The SMILES string of the molecule is CC(C)(C)OS(=O)(=O)C1(O)C=CC(O)=CC1. The third-order valence-electron chi connectivity index (χ3n) is 1.91. The van der Waals surface area contributed by atoms with Crippen molar-refractivity contribution in [1.29, 1.82) is 0 Å². The van der Waals surface area contributed by atoms with Gasteiger partial charge in [-0.25, -0.2) is 0 Å². The van der Waals surface area contributed by atoms with E-state index in [-0.39, 0.29) is 12.2 Å².